The van der Waals surface area contributed by atoms with Crippen LogP contribution in [0, 0.1) is 0 Å². The summed E-state index contributed by atoms with van der Waals surface area (Å²) in [7, 11) is 0. The molecule has 1 aliphatic rings. The lowest BCUT2D eigenvalue weighted by Gasteiger charge is -2.30. The van der Waals surface area contributed by atoms with Gasteiger partial charge in [-0.25, -0.2) is 0 Å². The first-order valence-electron chi connectivity index (χ1n) is 12.1. The van der Waals surface area contributed by atoms with E-state index in [4.69, 9.17) is 4.74 Å². The first kappa shape index (κ1) is 23.6. The number of hydrogen-bond acceptors (Lipinski definition) is 3. The van der Waals surface area contributed by atoms with Gasteiger partial charge in [0.1, 0.15) is 18.4 Å². The Morgan fingerprint density at radius 3 is 2.32 bits per heavy atom. The topological polar surface area (TPSA) is 58.6 Å². The maximum Gasteiger partial charge on any atom is 0.254 e. The van der Waals surface area contributed by atoms with Crippen molar-refractivity contribution in [1.82, 2.24) is 10.2 Å². The quantitative estimate of drug-likeness (QED) is 0.511. The highest BCUT2D eigenvalue weighted by Crippen LogP contribution is 2.21. The Labute approximate surface area is 201 Å². The highest BCUT2D eigenvalue weighted by atomic mass is 16.5. The zero-order valence-electron chi connectivity index (χ0n) is 19.7. The zero-order valence-corrected chi connectivity index (χ0v) is 19.7. The SMILES string of the molecule is CCc1ccc(C(=O)N(Cc2ccc(OCc3ccccc3)cc2)C2CCCCNC2=O)cc1. The zero-order chi connectivity index (χ0) is 23.8. The second kappa shape index (κ2) is 11.5. The summed E-state index contributed by atoms with van der Waals surface area (Å²) in [5, 5.41) is 2.97. The van der Waals surface area contributed by atoms with Gasteiger partial charge in [-0.3, -0.25) is 9.59 Å². The van der Waals surface area contributed by atoms with E-state index >= 15 is 0 Å². The van der Waals surface area contributed by atoms with Crippen LogP contribution in [0.5, 0.6) is 5.75 Å². The van der Waals surface area contributed by atoms with Crippen molar-refractivity contribution in [3.05, 3.63) is 101 Å². The number of benzene rings is 3. The average molecular weight is 457 g/mol. The Kier molecular flexibility index (Phi) is 7.97. The van der Waals surface area contributed by atoms with E-state index in [-0.39, 0.29) is 11.8 Å². The van der Waals surface area contributed by atoms with Crippen LogP contribution in [0.4, 0.5) is 0 Å². The molecule has 1 N–H and O–H groups in total. The largest absolute Gasteiger partial charge is 0.489 e. The predicted octanol–water partition coefficient (Wildman–Crippen LogP) is 5.14. The normalized spacial score (nSPS) is 15.8. The average Bonchev–Trinajstić information content (AvgIpc) is 3.11. The molecule has 4 rings (SSSR count). The minimum absolute atomic E-state index is 0.0705. The fourth-order valence-electron chi connectivity index (χ4n) is 4.22. The molecule has 0 aromatic heterocycles. The third-order valence-electron chi connectivity index (χ3n) is 6.28. The number of carbonyl (C=O) groups is 2. The molecule has 1 unspecified atom stereocenters. The van der Waals surface area contributed by atoms with E-state index in [1.807, 2.05) is 78.9 Å². The molecule has 1 aliphatic heterocycles. The van der Waals surface area contributed by atoms with Crippen LogP contribution in [0.2, 0.25) is 0 Å². The molecule has 1 heterocycles. The van der Waals surface area contributed by atoms with E-state index in [2.05, 4.69) is 12.2 Å². The van der Waals surface area contributed by atoms with E-state index in [1.165, 1.54) is 5.56 Å². The summed E-state index contributed by atoms with van der Waals surface area (Å²) in [5.74, 6) is 0.584. The summed E-state index contributed by atoms with van der Waals surface area (Å²) < 4.78 is 5.90. The third-order valence-corrected chi connectivity index (χ3v) is 6.28. The van der Waals surface area contributed by atoms with Gasteiger partial charge in [0.2, 0.25) is 5.91 Å². The Balaban J connectivity index is 1.51. The molecule has 3 aromatic carbocycles. The third kappa shape index (κ3) is 6.04. The van der Waals surface area contributed by atoms with Gasteiger partial charge in [-0.15, -0.1) is 0 Å². The van der Waals surface area contributed by atoms with E-state index in [0.29, 0.717) is 31.7 Å². The second-order valence-electron chi connectivity index (χ2n) is 8.70. The molecule has 0 bridgehead atoms. The van der Waals surface area contributed by atoms with Crippen molar-refractivity contribution in [2.45, 2.75) is 51.8 Å². The van der Waals surface area contributed by atoms with Crippen LogP contribution in [-0.2, 0) is 24.4 Å². The molecule has 5 heteroatoms. The van der Waals surface area contributed by atoms with Crippen molar-refractivity contribution in [3.63, 3.8) is 0 Å². The lowest BCUT2D eigenvalue weighted by atomic mass is 10.0. The van der Waals surface area contributed by atoms with Gasteiger partial charge in [0.15, 0.2) is 0 Å². The highest BCUT2D eigenvalue weighted by Gasteiger charge is 2.31. The van der Waals surface area contributed by atoms with Gasteiger partial charge in [-0.2, -0.15) is 0 Å². The van der Waals surface area contributed by atoms with E-state index in [9.17, 15) is 9.59 Å². The van der Waals surface area contributed by atoms with Crippen LogP contribution >= 0.6 is 0 Å². The molecule has 176 valence electrons. The number of nitrogens with zero attached hydrogens (tertiary/aromatic N) is 1. The Morgan fingerprint density at radius 1 is 0.912 bits per heavy atom. The molecule has 3 aromatic rings. The molecule has 1 fully saturated rings. The first-order chi connectivity index (χ1) is 16.6. The molecular weight excluding hydrogens is 424 g/mol. The van der Waals surface area contributed by atoms with Crippen molar-refractivity contribution in [2.24, 2.45) is 0 Å². The number of ether oxygens (including phenoxy) is 1. The summed E-state index contributed by atoms with van der Waals surface area (Å²) >= 11 is 0. The van der Waals surface area contributed by atoms with Crippen molar-refractivity contribution in [3.8, 4) is 5.75 Å². The Hall–Kier alpha value is -3.60. The monoisotopic (exact) mass is 456 g/mol. The van der Waals surface area contributed by atoms with E-state index in [0.717, 1.165) is 36.1 Å². The van der Waals surface area contributed by atoms with Crippen LogP contribution < -0.4 is 10.1 Å². The minimum Gasteiger partial charge on any atom is -0.489 e. The van der Waals surface area contributed by atoms with E-state index in [1.54, 1.807) is 4.90 Å². The number of rotatable bonds is 8. The lowest BCUT2D eigenvalue weighted by molar-refractivity contribution is -0.125. The first-order valence-corrected chi connectivity index (χ1v) is 12.1. The van der Waals surface area contributed by atoms with Crippen LogP contribution in [-0.4, -0.2) is 29.3 Å². The molecule has 0 aliphatic carbocycles. The maximum atomic E-state index is 13.6. The fourth-order valence-corrected chi connectivity index (χ4v) is 4.22. The van der Waals surface area contributed by atoms with Crippen molar-refractivity contribution in [2.75, 3.05) is 6.54 Å². The van der Waals surface area contributed by atoms with Crippen LogP contribution in [0.1, 0.15) is 53.2 Å². The van der Waals surface area contributed by atoms with Crippen molar-refractivity contribution >= 4 is 11.8 Å². The van der Waals surface area contributed by atoms with Gasteiger partial charge in [0.05, 0.1) is 0 Å². The second-order valence-corrected chi connectivity index (χ2v) is 8.70. The highest BCUT2D eigenvalue weighted by molar-refractivity contribution is 5.97. The molecule has 1 saturated heterocycles. The van der Waals surface area contributed by atoms with Crippen LogP contribution in [0.25, 0.3) is 0 Å². The van der Waals surface area contributed by atoms with Crippen LogP contribution in [0.3, 0.4) is 0 Å². The number of amides is 2. The molecule has 0 spiro atoms. The van der Waals surface area contributed by atoms with Gasteiger partial charge in [0.25, 0.3) is 5.91 Å². The lowest BCUT2D eigenvalue weighted by Crippen LogP contribution is -2.48. The number of aryl methyl sites for hydroxylation is 1. The molecule has 0 radical (unpaired) electrons. The molecule has 2 amide bonds. The van der Waals surface area contributed by atoms with Crippen LogP contribution in [0.15, 0.2) is 78.9 Å². The minimum atomic E-state index is -0.477. The molecule has 0 saturated carbocycles. The molecule has 5 nitrogen and oxygen atoms in total. The maximum absolute atomic E-state index is 13.6. The number of carbonyl (C=O) groups excluding carboxylic acids is 2. The van der Waals surface area contributed by atoms with E-state index < -0.39 is 6.04 Å². The van der Waals surface area contributed by atoms with Gasteiger partial charge in [-0.05, 0) is 66.6 Å². The van der Waals surface area contributed by atoms with Crippen molar-refractivity contribution < 1.29 is 14.3 Å². The van der Waals surface area contributed by atoms with Gasteiger partial charge in [-0.1, -0.05) is 61.5 Å². The standard InChI is InChI=1S/C29H32N2O3/c1-2-22-11-15-25(16-12-22)29(33)31(27-10-6-7-19-30-28(27)32)20-23-13-17-26(18-14-23)34-21-24-8-4-3-5-9-24/h3-5,8-9,11-18,27H,2,6-7,10,19-21H2,1H3,(H,30,32). The van der Waals surface area contributed by atoms with Crippen molar-refractivity contribution in [1.29, 1.82) is 0 Å². The summed E-state index contributed by atoms with van der Waals surface area (Å²) in [6.45, 7) is 3.62. The number of hydrogen-bond donors (Lipinski definition) is 1. The Bertz CT molecular complexity index is 1080. The molecule has 1 atom stereocenters. The van der Waals surface area contributed by atoms with Gasteiger partial charge in [0, 0.05) is 18.7 Å². The van der Waals surface area contributed by atoms with Gasteiger partial charge < -0.3 is 15.0 Å². The summed E-state index contributed by atoms with van der Waals surface area (Å²) in [6.07, 6.45) is 3.43. The Morgan fingerprint density at radius 2 is 1.62 bits per heavy atom. The number of nitrogens with one attached hydrogen (secondary N) is 1. The summed E-state index contributed by atoms with van der Waals surface area (Å²) in [5.41, 5.74) is 3.86. The fraction of sp³-hybridized carbons (Fsp3) is 0.310. The summed E-state index contributed by atoms with van der Waals surface area (Å²) in [4.78, 5) is 28.1. The smallest absolute Gasteiger partial charge is 0.254 e. The molecule has 34 heavy (non-hydrogen) atoms. The molecular formula is C29H32N2O3. The summed E-state index contributed by atoms with van der Waals surface area (Å²) in [6, 6.07) is 25.0. The van der Waals surface area contributed by atoms with Gasteiger partial charge >= 0.3 is 0 Å². The predicted molar refractivity (Wildman–Crippen MR) is 134 cm³/mol.